The molecule has 252 valence electrons. The van der Waals surface area contributed by atoms with Crippen molar-refractivity contribution in [3.63, 3.8) is 0 Å². The Bertz CT molecular complexity index is 1810. The summed E-state index contributed by atoms with van der Waals surface area (Å²) in [5.41, 5.74) is 3.06. The lowest BCUT2D eigenvalue weighted by atomic mass is 9.94. The molecule has 7 nitrogen and oxygen atoms in total. The van der Waals surface area contributed by atoms with Crippen LogP contribution in [0.15, 0.2) is 102 Å². The monoisotopic (exact) mass is 689 g/mol. The van der Waals surface area contributed by atoms with Crippen LogP contribution in [0.5, 0.6) is 0 Å². The fourth-order valence-electron chi connectivity index (χ4n) is 6.10. The van der Waals surface area contributed by atoms with Gasteiger partial charge in [-0.3, -0.25) is 13.9 Å². The van der Waals surface area contributed by atoms with Crippen LogP contribution in [0.3, 0.4) is 0 Å². The molecule has 1 aliphatic rings. The molecule has 0 spiro atoms. The van der Waals surface area contributed by atoms with E-state index >= 15 is 0 Å². The van der Waals surface area contributed by atoms with Gasteiger partial charge in [0.05, 0.1) is 10.6 Å². The van der Waals surface area contributed by atoms with Gasteiger partial charge in [-0.25, -0.2) is 12.8 Å². The molecule has 0 aliphatic heterocycles. The molecule has 5 rings (SSSR count). The summed E-state index contributed by atoms with van der Waals surface area (Å²) < 4.78 is 43.6. The Kier molecular flexibility index (Phi) is 11.5. The molecule has 0 unspecified atom stereocenters. The highest BCUT2D eigenvalue weighted by molar-refractivity contribution is 7.92. The quantitative estimate of drug-likeness (QED) is 0.168. The zero-order valence-electron chi connectivity index (χ0n) is 27.2. The van der Waals surface area contributed by atoms with Gasteiger partial charge in [0, 0.05) is 24.0 Å². The van der Waals surface area contributed by atoms with Crippen molar-refractivity contribution >= 4 is 39.1 Å². The summed E-state index contributed by atoms with van der Waals surface area (Å²) in [6.07, 6.45) is 5.05. The molecule has 1 aliphatic carbocycles. The van der Waals surface area contributed by atoms with Gasteiger partial charge in [-0.2, -0.15) is 0 Å². The molecule has 0 aromatic heterocycles. The minimum Gasteiger partial charge on any atom is -0.352 e. The lowest BCUT2D eigenvalue weighted by molar-refractivity contribution is -0.140. The van der Waals surface area contributed by atoms with Gasteiger partial charge >= 0.3 is 0 Å². The van der Waals surface area contributed by atoms with Crippen LogP contribution in [0.1, 0.15) is 54.4 Å². The number of nitrogens with zero attached hydrogens (tertiary/aromatic N) is 2. The molecule has 0 bridgehead atoms. The first-order valence-corrected chi connectivity index (χ1v) is 18.1. The molecule has 48 heavy (non-hydrogen) atoms. The molecule has 0 radical (unpaired) electrons. The summed E-state index contributed by atoms with van der Waals surface area (Å²) in [4.78, 5) is 30.3. The fourth-order valence-corrected chi connectivity index (χ4v) is 7.74. The summed E-state index contributed by atoms with van der Waals surface area (Å²) >= 11 is 6.47. The molecule has 0 saturated heterocycles. The van der Waals surface area contributed by atoms with Gasteiger partial charge in [-0.1, -0.05) is 97.1 Å². The number of carbonyl (C=O) groups excluding carboxylic acids is 2. The fraction of sp³-hybridized carbons (Fsp3) is 0.316. The molecule has 4 aromatic rings. The van der Waals surface area contributed by atoms with Crippen LogP contribution >= 0.6 is 11.6 Å². The minimum atomic E-state index is -4.27. The highest BCUT2D eigenvalue weighted by atomic mass is 35.5. The Morgan fingerprint density at radius 1 is 0.854 bits per heavy atom. The number of halogens is 2. The predicted molar refractivity (Wildman–Crippen MR) is 188 cm³/mol. The van der Waals surface area contributed by atoms with Crippen LogP contribution in [-0.2, 0) is 32.6 Å². The van der Waals surface area contributed by atoms with E-state index in [-0.39, 0.29) is 35.5 Å². The topological polar surface area (TPSA) is 86.8 Å². The smallest absolute Gasteiger partial charge is 0.264 e. The summed E-state index contributed by atoms with van der Waals surface area (Å²) in [5, 5.41) is 3.54. The summed E-state index contributed by atoms with van der Waals surface area (Å²) in [5.74, 6) is -1.33. The van der Waals surface area contributed by atoms with Crippen LogP contribution in [0.2, 0.25) is 5.02 Å². The van der Waals surface area contributed by atoms with Crippen molar-refractivity contribution in [2.75, 3.05) is 10.8 Å². The maximum atomic E-state index is 14.7. The molecule has 10 heteroatoms. The van der Waals surface area contributed by atoms with Crippen molar-refractivity contribution in [3.05, 3.63) is 130 Å². The predicted octanol–water partition coefficient (Wildman–Crippen LogP) is 7.38. The van der Waals surface area contributed by atoms with E-state index in [1.165, 1.54) is 29.2 Å². The Morgan fingerprint density at radius 2 is 1.52 bits per heavy atom. The van der Waals surface area contributed by atoms with E-state index in [1.807, 2.05) is 37.3 Å². The van der Waals surface area contributed by atoms with Crippen molar-refractivity contribution in [2.45, 2.75) is 75.9 Å². The van der Waals surface area contributed by atoms with E-state index in [0.29, 0.717) is 16.1 Å². The van der Waals surface area contributed by atoms with Gasteiger partial charge in [-0.05, 0) is 79.8 Å². The summed E-state index contributed by atoms with van der Waals surface area (Å²) in [6, 6.07) is 25.5. The number of rotatable bonds is 12. The molecule has 1 N–H and O–H groups in total. The standard InChI is InChI=1S/C38H41ClFN3O4S/c1-27-16-22-33(23-17-27)48(46,47)43(35-15-9-14-34(39)28(35)2)26-37(44)42(25-30-18-20-31(40)21-19-30)36(24-29-10-5-3-6-11-29)38(45)41-32-12-7-4-8-13-32/h3,5-6,9-11,14-23,32,36H,4,7-8,12-13,24-26H2,1-2H3,(H,41,45)/t36-/m0/s1. The van der Waals surface area contributed by atoms with E-state index in [1.54, 1.807) is 49.4 Å². The zero-order valence-corrected chi connectivity index (χ0v) is 28.8. The molecule has 1 atom stereocenters. The first-order chi connectivity index (χ1) is 23.0. The van der Waals surface area contributed by atoms with E-state index in [9.17, 15) is 22.4 Å². The van der Waals surface area contributed by atoms with E-state index in [0.717, 1.165) is 47.5 Å². The summed E-state index contributed by atoms with van der Waals surface area (Å²) in [7, 11) is -4.27. The van der Waals surface area contributed by atoms with Gasteiger partial charge in [0.1, 0.15) is 18.4 Å². The number of sulfonamides is 1. The number of carbonyl (C=O) groups is 2. The van der Waals surface area contributed by atoms with Gasteiger partial charge in [0.2, 0.25) is 11.8 Å². The van der Waals surface area contributed by atoms with Crippen LogP contribution in [0.25, 0.3) is 0 Å². The van der Waals surface area contributed by atoms with Crippen LogP contribution in [-0.4, -0.2) is 43.8 Å². The highest BCUT2D eigenvalue weighted by Gasteiger charge is 2.36. The van der Waals surface area contributed by atoms with Gasteiger partial charge in [0.15, 0.2) is 0 Å². The Morgan fingerprint density at radius 3 is 2.19 bits per heavy atom. The largest absolute Gasteiger partial charge is 0.352 e. The first-order valence-electron chi connectivity index (χ1n) is 16.3. The van der Waals surface area contributed by atoms with Crippen molar-refractivity contribution in [1.82, 2.24) is 10.2 Å². The number of nitrogens with one attached hydrogen (secondary N) is 1. The number of aryl methyl sites for hydroxylation is 1. The maximum Gasteiger partial charge on any atom is 0.264 e. The first kappa shape index (κ1) is 35.1. The molecule has 4 aromatic carbocycles. The Hall–Kier alpha value is -4.21. The van der Waals surface area contributed by atoms with Crippen LogP contribution in [0.4, 0.5) is 10.1 Å². The third kappa shape index (κ3) is 8.62. The van der Waals surface area contributed by atoms with Gasteiger partial charge in [-0.15, -0.1) is 0 Å². The Labute approximate surface area is 287 Å². The van der Waals surface area contributed by atoms with Crippen molar-refractivity contribution in [2.24, 2.45) is 0 Å². The minimum absolute atomic E-state index is 0.0141. The number of hydrogen-bond donors (Lipinski definition) is 1. The SMILES string of the molecule is Cc1ccc(S(=O)(=O)N(CC(=O)N(Cc2ccc(F)cc2)[C@@H](Cc2ccccc2)C(=O)NC2CCCCC2)c2cccc(Cl)c2C)cc1. The molecular formula is C38H41ClFN3O4S. The highest BCUT2D eigenvalue weighted by Crippen LogP contribution is 2.31. The van der Waals surface area contributed by atoms with Crippen molar-refractivity contribution in [1.29, 1.82) is 0 Å². The van der Waals surface area contributed by atoms with E-state index in [4.69, 9.17) is 11.6 Å². The summed E-state index contributed by atoms with van der Waals surface area (Å²) in [6.45, 7) is 2.92. The van der Waals surface area contributed by atoms with Crippen molar-refractivity contribution in [3.8, 4) is 0 Å². The van der Waals surface area contributed by atoms with Crippen LogP contribution in [0, 0.1) is 19.7 Å². The molecular weight excluding hydrogens is 649 g/mol. The molecule has 1 saturated carbocycles. The average Bonchev–Trinajstić information content (AvgIpc) is 3.08. The average molecular weight is 690 g/mol. The lowest BCUT2D eigenvalue weighted by Crippen LogP contribution is -2.55. The molecule has 2 amide bonds. The second-order valence-electron chi connectivity index (χ2n) is 12.4. The maximum absolute atomic E-state index is 14.7. The number of hydrogen-bond acceptors (Lipinski definition) is 4. The normalized spacial score (nSPS) is 14.2. The Balaban J connectivity index is 1.58. The number of anilines is 1. The third-order valence-corrected chi connectivity index (χ3v) is 11.1. The van der Waals surface area contributed by atoms with E-state index < -0.39 is 34.3 Å². The lowest BCUT2D eigenvalue weighted by Gasteiger charge is -2.35. The second kappa shape index (κ2) is 15.8. The van der Waals surface area contributed by atoms with Gasteiger partial charge in [0.25, 0.3) is 10.0 Å². The van der Waals surface area contributed by atoms with Crippen LogP contribution < -0.4 is 9.62 Å². The number of benzene rings is 4. The van der Waals surface area contributed by atoms with Gasteiger partial charge < -0.3 is 10.2 Å². The number of amides is 2. The van der Waals surface area contributed by atoms with Crippen molar-refractivity contribution < 1.29 is 22.4 Å². The molecule has 0 heterocycles. The molecule has 1 fully saturated rings. The zero-order chi connectivity index (χ0) is 34.3. The van der Waals surface area contributed by atoms with E-state index in [2.05, 4.69) is 5.32 Å². The third-order valence-electron chi connectivity index (χ3n) is 8.88. The second-order valence-corrected chi connectivity index (χ2v) is 14.7.